The van der Waals surface area contributed by atoms with Crippen molar-refractivity contribution in [1.29, 1.82) is 0 Å². The number of halogens is 2. The van der Waals surface area contributed by atoms with Gasteiger partial charge in [0.25, 0.3) is 5.56 Å². The van der Waals surface area contributed by atoms with Gasteiger partial charge in [-0.15, -0.1) is 0 Å². The van der Waals surface area contributed by atoms with E-state index in [2.05, 4.69) is 15.3 Å². The second-order valence-electron chi connectivity index (χ2n) is 4.44. The molecule has 3 aromatic rings. The highest BCUT2D eigenvalue weighted by atomic mass is 35.5. The van der Waals surface area contributed by atoms with Crippen molar-refractivity contribution in [2.24, 2.45) is 0 Å². The average Bonchev–Trinajstić information content (AvgIpc) is 2.44. The third-order valence-electron chi connectivity index (χ3n) is 2.91. The average molecular weight is 321 g/mol. The van der Waals surface area contributed by atoms with Crippen molar-refractivity contribution >= 4 is 51.4 Å². The predicted molar refractivity (Wildman–Crippen MR) is 86.5 cm³/mol. The van der Waals surface area contributed by atoms with E-state index in [4.69, 9.17) is 28.9 Å². The van der Waals surface area contributed by atoms with Crippen molar-refractivity contribution in [2.45, 2.75) is 0 Å². The smallest absolute Gasteiger partial charge is 0.260 e. The minimum Gasteiger partial charge on any atom is -0.399 e. The molecule has 0 amide bonds. The Balaban J connectivity index is 2.07. The number of hydrogen-bond donors (Lipinski definition) is 3. The molecule has 0 bridgehead atoms. The van der Waals surface area contributed by atoms with Crippen molar-refractivity contribution in [3.05, 3.63) is 56.8 Å². The Morgan fingerprint density at radius 2 is 1.95 bits per heavy atom. The van der Waals surface area contributed by atoms with E-state index >= 15 is 0 Å². The van der Waals surface area contributed by atoms with Crippen LogP contribution in [0.15, 0.2) is 41.2 Å². The van der Waals surface area contributed by atoms with E-state index in [1.54, 1.807) is 36.4 Å². The Kier molecular flexibility index (Phi) is 3.45. The second kappa shape index (κ2) is 5.27. The number of nitrogens with two attached hydrogens (primary N) is 1. The molecule has 0 radical (unpaired) electrons. The number of aromatic amines is 1. The van der Waals surface area contributed by atoms with Gasteiger partial charge in [-0.2, -0.15) is 0 Å². The Morgan fingerprint density at radius 3 is 2.76 bits per heavy atom. The van der Waals surface area contributed by atoms with Crippen LogP contribution in [0.4, 0.5) is 17.3 Å². The lowest BCUT2D eigenvalue weighted by molar-refractivity contribution is 1.17. The predicted octanol–water partition coefficient (Wildman–Crippen LogP) is 3.56. The number of benzene rings is 2. The standard InChI is InChI=1S/C14H10Cl2N4O/c15-7-1-3-10(16)12(5-7)19-14-18-11-4-2-8(17)6-9(11)13(21)20-14/h1-6H,17H2,(H2,18,19,20,21). The fourth-order valence-corrected chi connectivity index (χ4v) is 2.27. The van der Waals surface area contributed by atoms with E-state index in [0.717, 1.165) is 0 Å². The Morgan fingerprint density at radius 1 is 1.14 bits per heavy atom. The maximum atomic E-state index is 12.0. The van der Waals surface area contributed by atoms with Gasteiger partial charge in [0.15, 0.2) is 0 Å². The maximum Gasteiger partial charge on any atom is 0.260 e. The highest BCUT2D eigenvalue weighted by Crippen LogP contribution is 2.27. The van der Waals surface area contributed by atoms with Gasteiger partial charge in [-0.3, -0.25) is 9.78 Å². The van der Waals surface area contributed by atoms with Crippen LogP contribution in [0, 0.1) is 0 Å². The summed E-state index contributed by atoms with van der Waals surface area (Å²) >= 11 is 12.0. The minimum atomic E-state index is -0.284. The van der Waals surface area contributed by atoms with Gasteiger partial charge in [0.05, 0.1) is 21.6 Å². The summed E-state index contributed by atoms with van der Waals surface area (Å²) in [5.74, 6) is 0.279. The van der Waals surface area contributed by atoms with Crippen LogP contribution in [0.5, 0.6) is 0 Å². The zero-order valence-corrected chi connectivity index (χ0v) is 12.2. The summed E-state index contributed by atoms with van der Waals surface area (Å²) in [6.07, 6.45) is 0. The highest BCUT2D eigenvalue weighted by Gasteiger charge is 2.07. The van der Waals surface area contributed by atoms with E-state index in [1.165, 1.54) is 0 Å². The van der Waals surface area contributed by atoms with E-state index in [-0.39, 0.29) is 11.5 Å². The third-order valence-corrected chi connectivity index (χ3v) is 3.48. The van der Waals surface area contributed by atoms with Crippen molar-refractivity contribution in [2.75, 3.05) is 11.1 Å². The van der Waals surface area contributed by atoms with E-state index in [1.807, 2.05) is 0 Å². The number of nitrogens with one attached hydrogen (secondary N) is 2. The lowest BCUT2D eigenvalue weighted by Gasteiger charge is -2.08. The van der Waals surface area contributed by atoms with Gasteiger partial charge >= 0.3 is 0 Å². The van der Waals surface area contributed by atoms with E-state index in [0.29, 0.717) is 32.3 Å². The van der Waals surface area contributed by atoms with Crippen molar-refractivity contribution in [1.82, 2.24) is 9.97 Å². The molecule has 21 heavy (non-hydrogen) atoms. The minimum absolute atomic E-state index is 0.279. The summed E-state index contributed by atoms with van der Waals surface area (Å²) in [6, 6.07) is 9.93. The molecule has 2 aromatic carbocycles. The van der Waals surface area contributed by atoms with Gasteiger partial charge < -0.3 is 11.1 Å². The van der Waals surface area contributed by atoms with E-state index in [9.17, 15) is 4.79 Å². The summed E-state index contributed by atoms with van der Waals surface area (Å²) in [5.41, 5.74) is 6.98. The van der Waals surface area contributed by atoms with Gasteiger partial charge in [-0.05, 0) is 36.4 Å². The zero-order chi connectivity index (χ0) is 15.0. The normalized spacial score (nSPS) is 10.8. The number of nitrogens with zero attached hydrogens (tertiary/aromatic N) is 1. The molecule has 0 saturated heterocycles. The molecule has 0 spiro atoms. The molecule has 0 saturated carbocycles. The largest absolute Gasteiger partial charge is 0.399 e. The fraction of sp³-hybridized carbons (Fsp3) is 0. The van der Waals surface area contributed by atoms with Crippen LogP contribution in [0.2, 0.25) is 10.0 Å². The first-order valence-electron chi connectivity index (χ1n) is 6.04. The van der Waals surface area contributed by atoms with Crippen LogP contribution in [0.1, 0.15) is 0 Å². The molecular weight excluding hydrogens is 311 g/mol. The number of fused-ring (bicyclic) bond motifs is 1. The molecule has 1 aromatic heterocycles. The zero-order valence-electron chi connectivity index (χ0n) is 10.7. The first-order valence-corrected chi connectivity index (χ1v) is 6.80. The van der Waals surface area contributed by atoms with Gasteiger partial charge in [0.2, 0.25) is 5.95 Å². The van der Waals surface area contributed by atoms with Gasteiger partial charge in [-0.25, -0.2) is 4.98 Å². The van der Waals surface area contributed by atoms with Gasteiger partial charge in [0.1, 0.15) is 0 Å². The molecule has 1 heterocycles. The number of anilines is 3. The number of nitrogen functional groups attached to an aromatic ring is 1. The molecule has 106 valence electrons. The summed E-state index contributed by atoms with van der Waals surface area (Å²) in [5, 5.41) is 4.37. The summed E-state index contributed by atoms with van der Waals surface area (Å²) in [7, 11) is 0. The number of rotatable bonds is 2. The van der Waals surface area contributed by atoms with Crippen LogP contribution in [-0.2, 0) is 0 Å². The van der Waals surface area contributed by atoms with Gasteiger partial charge in [0, 0.05) is 10.7 Å². The molecule has 0 aliphatic carbocycles. The lowest BCUT2D eigenvalue weighted by atomic mass is 10.2. The van der Waals surface area contributed by atoms with Crippen LogP contribution in [0.3, 0.4) is 0 Å². The number of H-pyrrole nitrogens is 1. The Labute approximate surface area is 129 Å². The SMILES string of the molecule is Nc1ccc2nc(Nc3cc(Cl)ccc3Cl)[nH]c(=O)c2c1. The molecule has 0 unspecified atom stereocenters. The summed E-state index contributed by atoms with van der Waals surface area (Å²) in [6.45, 7) is 0. The molecule has 5 nitrogen and oxygen atoms in total. The number of aromatic nitrogens is 2. The molecule has 0 atom stereocenters. The highest BCUT2D eigenvalue weighted by molar-refractivity contribution is 6.35. The molecule has 0 fully saturated rings. The fourth-order valence-electron chi connectivity index (χ4n) is 1.94. The molecule has 0 aliphatic rings. The van der Waals surface area contributed by atoms with Crippen molar-refractivity contribution in [3.63, 3.8) is 0 Å². The molecular formula is C14H10Cl2N4O. The second-order valence-corrected chi connectivity index (χ2v) is 5.28. The Hall–Kier alpha value is -2.24. The molecule has 7 heteroatoms. The third kappa shape index (κ3) is 2.79. The maximum absolute atomic E-state index is 12.0. The molecule has 0 aliphatic heterocycles. The van der Waals surface area contributed by atoms with E-state index < -0.39 is 0 Å². The van der Waals surface area contributed by atoms with Gasteiger partial charge in [-0.1, -0.05) is 23.2 Å². The van der Waals surface area contributed by atoms with Crippen molar-refractivity contribution in [3.8, 4) is 0 Å². The quantitative estimate of drug-likeness (QED) is 0.630. The lowest BCUT2D eigenvalue weighted by Crippen LogP contribution is -2.11. The van der Waals surface area contributed by atoms with Crippen LogP contribution >= 0.6 is 23.2 Å². The summed E-state index contributed by atoms with van der Waals surface area (Å²) in [4.78, 5) is 19.0. The Bertz CT molecular complexity index is 892. The molecule has 4 N–H and O–H groups in total. The first-order chi connectivity index (χ1) is 10.0. The summed E-state index contributed by atoms with van der Waals surface area (Å²) < 4.78 is 0. The monoisotopic (exact) mass is 320 g/mol. The topological polar surface area (TPSA) is 83.8 Å². The number of hydrogen-bond acceptors (Lipinski definition) is 4. The van der Waals surface area contributed by atoms with Crippen LogP contribution in [0.25, 0.3) is 10.9 Å². The van der Waals surface area contributed by atoms with Crippen LogP contribution in [-0.4, -0.2) is 9.97 Å². The molecule has 3 rings (SSSR count). The first kappa shape index (κ1) is 13.7. The van der Waals surface area contributed by atoms with Crippen molar-refractivity contribution < 1.29 is 0 Å². The van der Waals surface area contributed by atoms with Crippen LogP contribution < -0.4 is 16.6 Å².